The molecule has 2 N–H and O–H groups in total. The molecule has 1 aliphatic carbocycles. The molecular formula is C14H11F4NO. The van der Waals surface area contributed by atoms with Crippen LogP contribution < -0.4 is 5.73 Å². The number of allylic oxidation sites excluding steroid dienone is 3. The molecule has 2 unspecified atom stereocenters. The Morgan fingerprint density at radius 3 is 2.25 bits per heavy atom. The van der Waals surface area contributed by atoms with Crippen LogP contribution in [-0.4, -0.2) is 12.1 Å². The van der Waals surface area contributed by atoms with Crippen LogP contribution in [0.3, 0.4) is 0 Å². The first-order valence-corrected chi connectivity index (χ1v) is 5.77. The molecular weight excluding hydrogens is 274 g/mol. The molecule has 0 spiro atoms. The van der Waals surface area contributed by atoms with Gasteiger partial charge in [0.2, 0.25) is 5.91 Å². The molecule has 0 bridgehead atoms. The number of amides is 1. The highest BCUT2D eigenvalue weighted by atomic mass is 19.4. The summed E-state index contributed by atoms with van der Waals surface area (Å²) < 4.78 is 53.7. The molecule has 0 saturated heterocycles. The van der Waals surface area contributed by atoms with E-state index in [-0.39, 0.29) is 5.56 Å². The van der Waals surface area contributed by atoms with E-state index in [1.165, 1.54) is 12.2 Å². The van der Waals surface area contributed by atoms with E-state index in [0.29, 0.717) is 0 Å². The lowest BCUT2D eigenvalue weighted by Gasteiger charge is -2.39. The number of alkyl halides is 3. The average molecular weight is 285 g/mol. The van der Waals surface area contributed by atoms with Crippen LogP contribution in [0, 0.1) is 11.7 Å². The van der Waals surface area contributed by atoms with Crippen LogP contribution in [0.25, 0.3) is 0 Å². The zero-order chi connectivity index (χ0) is 15.0. The van der Waals surface area contributed by atoms with Crippen molar-refractivity contribution in [2.75, 3.05) is 0 Å². The number of hydrogen-bond donors (Lipinski definition) is 1. The predicted molar refractivity (Wildman–Crippen MR) is 65.1 cm³/mol. The third kappa shape index (κ3) is 2.11. The Bertz CT molecular complexity index is 574. The van der Waals surface area contributed by atoms with E-state index in [1.54, 1.807) is 0 Å². The zero-order valence-corrected chi connectivity index (χ0v) is 10.2. The van der Waals surface area contributed by atoms with Gasteiger partial charge in [-0.25, -0.2) is 4.39 Å². The normalized spacial score (nSPS) is 25.7. The Kier molecular flexibility index (Phi) is 3.41. The van der Waals surface area contributed by atoms with Gasteiger partial charge in [0.15, 0.2) is 0 Å². The molecule has 1 amide bonds. The summed E-state index contributed by atoms with van der Waals surface area (Å²) in [5, 5.41) is 0. The van der Waals surface area contributed by atoms with Crippen molar-refractivity contribution in [2.45, 2.75) is 11.6 Å². The molecule has 0 heterocycles. The number of rotatable bonds is 2. The minimum absolute atomic E-state index is 0.226. The maximum Gasteiger partial charge on any atom is 0.402 e. The van der Waals surface area contributed by atoms with E-state index in [4.69, 9.17) is 5.73 Å². The number of primary amides is 1. The van der Waals surface area contributed by atoms with Gasteiger partial charge in [-0.15, -0.1) is 0 Å². The van der Waals surface area contributed by atoms with E-state index in [2.05, 4.69) is 0 Å². The fraction of sp³-hybridized carbons (Fsp3) is 0.214. The molecule has 1 aromatic carbocycles. The fourth-order valence-electron chi connectivity index (χ4n) is 2.39. The van der Waals surface area contributed by atoms with Crippen LogP contribution in [0.5, 0.6) is 0 Å². The molecule has 6 heteroatoms. The van der Waals surface area contributed by atoms with Crippen LogP contribution in [0.1, 0.15) is 5.56 Å². The number of benzene rings is 1. The lowest BCUT2D eigenvalue weighted by Crippen LogP contribution is -2.51. The van der Waals surface area contributed by atoms with E-state index < -0.39 is 29.2 Å². The van der Waals surface area contributed by atoms with Gasteiger partial charge in [0.25, 0.3) is 0 Å². The van der Waals surface area contributed by atoms with Crippen molar-refractivity contribution in [1.29, 1.82) is 0 Å². The molecule has 0 aliphatic heterocycles. The second-order valence-electron chi connectivity index (χ2n) is 4.50. The van der Waals surface area contributed by atoms with Crippen molar-refractivity contribution in [2.24, 2.45) is 11.7 Å². The van der Waals surface area contributed by atoms with Crippen molar-refractivity contribution >= 4 is 5.91 Å². The first kappa shape index (κ1) is 14.3. The highest BCUT2D eigenvalue weighted by molar-refractivity contribution is 5.82. The van der Waals surface area contributed by atoms with E-state index in [1.807, 2.05) is 0 Å². The predicted octanol–water partition coefficient (Wildman–Crippen LogP) is 2.85. The second-order valence-corrected chi connectivity index (χ2v) is 4.50. The molecule has 0 saturated carbocycles. The van der Waals surface area contributed by atoms with Gasteiger partial charge in [-0.3, -0.25) is 4.79 Å². The van der Waals surface area contributed by atoms with Gasteiger partial charge in [-0.05, 0) is 17.7 Å². The second kappa shape index (κ2) is 4.77. The topological polar surface area (TPSA) is 43.1 Å². The van der Waals surface area contributed by atoms with Crippen molar-refractivity contribution in [3.05, 3.63) is 60.0 Å². The summed E-state index contributed by atoms with van der Waals surface area (Å²) in [6.45, 7) is 0. The van der Waals surface area contributed by atoms with Crippen LogP contribution >= 0.6 is 0 Å². The molecule has 106 valence electrons. The van der Waals surface area contributed by atoms with Crippen molar-refractivity contribution in [3.63, 3.8) is 0 Å². The summed E-state index contributed by atoms with van der Waals surface area (Å²) in [6.07, 6.45) is -0.208. The largest absolute Gasteiger partial charge is 0.402 e. The standard InChI is InChI=1S/C14H11F4NO/c15-10-6-4-9(5-7-10)13(14(16,17)18)8-2-1-3-11(13)12(19)20/h1-8,11H,(H2,19,20). The third-order valence-electron chi connectivity index (χ3n) is 3.36. The highest BCUT2D eigenvalue weighted by Gasteiger charge is 2.60. The van der Waals surface area contributed by atoms with Gasteiger partial charge in [0, 0.05) is 0 Å². The summed E-state index contributed by atoms with van der Waals surface area (Å²) in [7, 11) is 0. The Labute approximate surface area is 112 Å². The van der Waals surface area contributed by atoms with E-state index in [9.17, 15) is 22.4 Å². The molecule has 0 aromatic heterocycles. The SMILES string of the molecule is NC(=O)C1C=CC=CC1(c1ccc(F)cc1)C(F)(F)F. The Morgan fingerprint density at radius 1 is 1.15 bits per heavy atom. The summed E-state index contributed by atoms with van der Waals surface area (Å²) in [6, 6.07) is 3.88. The van der Waals surface area contributed by atoms with Crippen molar-refractivity contribution < 1.29 is 22.4 Å². The number of halogens is 4. The maximum absolute atomic E-state index is 13.6. The maximum atomic E-state index is 13.6. The summed E-state index contributed by atoms with van der Waals surface area (Å²) >= 11 is 0. The Hall–Kier alpha value is -2.11. The zero-order valence-electron chi connectivity index (χ0n) is 10.2. The average Bonchev–Trinajstić information content (AvgIpc) is 2.38. The smallest absolute Gasteiger partial charge is 0.369 e. The lowest BCUT2D eigenvalue weighted by molar-refractivity contribution is -0.188. The van der Waals surface area contributed by atoms with Gasteiger partial charge in [-0.1, -0.05) is 36.4 Å². The van der Waals surface area contributed by atoms with E-state index in [0.717, 1.165) is 36.4 Å². The Balaban J connectivity index is 2.68. The molecule has 0 fully saturated rings. The van der Waals surface area contributed by atoms with Gasteiger partial charge < -0.3 is 5.73 Å². The number of nitrogens with two attached hydrogens (primary N) is 1. The van der Waals surface area contributed by atoms with Gasteiger partial charge in [0.05, 0.1) is 5.92 Å². The van der Waals surface area contributed by atoms with Crippen LogP contribution in [0.2, 0.25) is 0 Å². The molecule has 2 nitrogen and oxygen atoms in total. The van der Waals surface area contributed by atoms with Crippen molar-refractivity contribution in [3.8, 4) is 0 Å². The molecule has 2 rings (SSSR count). The van der Waals surface area contributed by atoms with Crippen LogP contribution in [-0.2, 0) is 10.2 Å². The fourth-order valence-corrected chi connectivity index (χ4v) is 2.39. The van der Waals surface area contributed by atoms with Gasteiger partial charge >= 0.3 is 6.18 Å². The summed E-state index contributed by atoms with van der Waals surface area (Å²) in [5.74, 6) is -3.32. The third-order valence-corrected chi connectivity index (χ3v) is 3.36. The first-order valence-electron chi connectivity index (χ1n) is 5.77. The van der Waals surface area contributed by atoms with Crippen LogP contribution in [0.15, 0.2) is 48.6 Å². The minimum atomic E-state index is -4.74. The molecule has 0 radical (unpaired) electrons. The number of carbonyl (C=O) groups is 1. The molecule has 20 heavy (non-hydrogen) atoms. The lowest BCUT2D eigenvalue weighted by atomic mass is 9.67. The number of hydrogen-bond acceptors (Lipinski definition) is 1. The summed E-state index contributed by atoms with van der Waals surface area (Å²) in [4.78, 5) is 11.4. The van der Waals surface area contributed by atoms with E-state index >= 15 is 0 Å². The monoisotopic (exact) mass is 285 g/mol. The number of carbonyl (C=O) groups excluding carboxylic acids is 1. The summed E-state index contributed by atoms with van der Waals surface area (Å²) in [5.41, 5.74) is 2.31. The molecule has 1 aromatic rings. The van der Waals surface area contributed by atoms with Gasteiger partial charge in [-0.2, -0.15) is 13.2 Å². The Morgan fingerprint density at radius 2 is 1.75 bits per heavy atom. The highest BCUT2D eigenvalue weighted by Crippen LogP contribution is 2.49. The minimum Gasteiger partial charge on any atom is -0.369 e. The first-order chi connectivity index (χ1) is 9.29. The molecule has 2 atom stereocenters. The van der Waals surface area contributed by atoms with Gasteiger partial charge in [0.1, 0.15) is 11.2 Å². The van der Waals surface area contributed by atoms with Crippen molar-refractivity contribution in [1.82, 2.24) is 0 Å². The quantitative estimate of drug-likeness (QED) is 0.834. The van der Waals surface area contributed by atoms with Crippen LogP contribution in [0.4, 0.5) is 17.6 Å². The molecule has 1 aliphatic rings.